The summed E-state index contributed by atoms with van der Waals surface area (Å²) >= 11 is 1.77. The molecule has 0 amide bonds. The number of rotatable bonds is 5. The number of nitrogens with zero attached hydrogens (tertiary/aromatic N) is 5. The summed E-state index contributed by atoms with van der Waals surface area (Å²) in [5.74, 6) is 1.48. The van der Waals surface area contributed by atoms with E-state index in [2.05, 4.69) is 44.8 Å². The van der Waals surface area contributed by atoms with E-state index in [0.29, 0.717) is 5.82 Å². The number of hydrogen-bond acceptors (Lipinski definition) is 6. The predicted octanol–water partition coefficient (Wildman–Crippen LogP) is 3.53. The van der Waals surface area contributed by atoms with Crippen molar-refractivity contribution in [3.63, 3.8) is 0 Å². The van der Waals surface area contributed by atoms with Crippen molar-refractivity contribution >= 4 is 28.2 Å². The van der Waals surface area contributed by atoms with E-state index in [4.69, 9.17) is 4.98 Å². The summed E-state index contributed by atoms with van der Waals surface area (Å²) in [5.41, 5.74) is 1.75. The zero-order valence-corrected chi connectivity index (χ0v) is 14.9. The number of hydrogen-bond donors (Lipinski definition) is 1. The third kappa shape index (κ3) is 3.23. The molecule has 0 saturated carbocycles. The van der Waals surface area contributed by atoms with Gasteiger partial charge in [-0.2, -0.15) is 5.10 Å². The Morgan fingerprint density at radius 3 is 2.80 bits per heavy atom. The van der Waals surface area contributed by atoms with Gasteiger partial charge in [-0.05, 0) is 30.5 Å². The average Bonchev–Trinajstić information content (AvgIpc) is 3.26. The zero-order chi connectivity index (χ0) is 17.2. The third-order valence-electron chi connectivity index (χ3n) is 4.00. The van der Waals surface area contributed by atoms with E-state index in [1.54, 1.807) is 28.4 Å². The molecule has 0 radical (unpaired) electrons. The van der Waals surface area contributed by atoms with Crippen LogP contribution in [-0.4, -0.2) is 30.8 Å². The second kappa shape index (κ2) is 6.60. The van der Waals surface area contributed by atoms with E-state index in [1.165, 1.54) is 4.88 Å². The SMILES string of the molecule is CC(Cc1cccs1)Nc1nc(-c2ccncc2)nc2c1cnn2C. The molecule has 0 aliphatic heterocycles. The van der Waals surface area contributed by atoms with Crippen LogP contribution in [0.5, 0.6) is 0 Å². The van der Waals surface area contributed by atoms with Gasteiger partial charge >= 0.3 is 0 Å². The lowest BCUT2D eigenvalue weighted by Gasteiger charge is -2.15. The molecule has 0 spiro atoms. The first-order valence-corrected chi connectivity index (χ1v) is 8.98. The fourth-order valence-electron chi connectivity index (χ4n) is 2.78. The van der Waals surface area contributed by atoms with Crippen molar-refractivity contribution < 1.29 is 0 Å². The number of anilines is 1. The van der Waals surface area contributed by atoms with E-state index in [1.807, 2.05) is 25.4 Å². The van der Waals surface area contributed by atoms with Crippen LogP contribution in [-0.2, 0) is 13.5 Å². The lowest BCUT2D eigenvalue weighted by Crippen LogP contribution is -2.19. The molecule has 4 aromatic heterocycles. The summed E-state index contributed by atoms with van der Waals surface area (Å²) in [6.45, 7) is 2.16. The van der Waals surface area contributed by atoms with Crippen LogP contribution < -0.4 is 5.32 Å². The van der Waals surface area contributed by atoms with Gasteiger partial charge in [0, 0.05) is 42.3 Å². The molecule has 0 fully saturated rings. The van der Waals surface area contributed by atoms with Crippen molar-refractivity contribution in [2.75, 3.05) is 5.32 Å². The van der Waals surface area contributed by atoms with Gasteiger partial charge in [-0.15, -0.1) is 11.3 Å². The van der Waals surface area contributed by atoms with E-state index in [9.17, 15) is 0 Å². The van der Waals surface area contributed by atoms with Gasteiger partial charge < -0.3 is 5.32 Å². The normalized spacial score (nSPS) is 12.4. The summed E-state index contributed by atoms with van der Waals surface area (Å²) in [7, 11) is 1.89. The highest BCUT2D eigenvalue weighted by atomic mass is 32.1. The maximum atomic E-state index is 4.75. The number of pyridine rings is 1. The number of aromatic nitrogens is 5. The molecular weight excluding hydrogens is 332 g/mol. The van der Waals surface area contributed by atoms with Crippen LogP contribution in [0.4, 0.5) is 5.82 Å². The molecule has 0 saturated heterocycles. The molecule has 0 aliphatic rings. The molecule has 0 aliphatic carbocycles. The molecule has 1 N–H and O–H groups in total. The Morgan fingerprint density at radius 2 is 2.04 bits per heavy atom. The van der Waals surface area contributed by atoms with Crippen LogP contribution in [0.25, 0.3) is 22.4 Å². The Bertz CT molecular complexity index is 978. The van der Waals surface area contributed by atoms with Gasteiger partial charge in [0.05, 0.1) is 11.6 Å². The van der Waals surface area contributed by atoms with E-state index in [0.717, 1.165) is 28.8 Å². The Balaban J connectivity index is 1.71. The molecule has 1 unspecified atom stereocenters. The third-order valence-corrected chi connectivity index (χ3v) is 4.90. The molecule has 7 heteroatoms. The first-order valence-electron chi connectivity index (χ1n) is 8.10. The van der Waals surface area contributed by atoms with Gasteiger partial charge in [0.15, 0.2) is 11.5 Å². The summed E-state index contributed by atoms with van der Waals surface area (Å²) in [6.07, 6.45) is 6.26. The standard InChI is InChI=1S/C18H18N6S/c1-12(10-14-4-3-9-25-14)21-17-15-11-20-24(2)18(15)23-16(22-17)13-5-7-19-8-6-13/h3-9,11-12H,10H2,1-2H3,(H,21,22,23). The second-order valence-electron chi connectivity index (χ2n) is 5.97. The minimum absolute atomic E-state index is 0.252. The highest BCUT2D eigenvalue weighted by Gasteiger charge is 2.15. The van der Waals surface area contributed by atoms with Crippen LogP contribution in [0.2, 0.25) is 0 Å². The number of nitrogens with one attached hydrogen (secondary N) is 1. The van der Waals surface area contributed by atoms with Crippen LogP contribution in [0.3, 0.4) is 0 Å². The minimum atomic E-state index is 0.252. The Morgan fingerprint density at radius 1 is 1.20 bits per heavy atom. The van der Waals surface area contributed by atoms with Crippen molar-refractivity contribution in [2.45, 2.75) is 19.4 Å². The zero-order valence-electron chi connectivity index (χ0n) is 14.0. The van der Waals surface area contributed by atoms with Crippen molar-refractivity contribution in [1.29, 1.82) is 0 Å². The number of aryl methyl sites for hydroxylation is 1. The topological polar surface area (TPSA) is 68.5 Å². The molecule has 126 valence electrons. The van der Waals surface area contributed by atoms with Crippen molar-refractivity contribution in [3.05, 3.63) is 53.1 Å². The summed E-state index contributed by atoms with van der Waals surface area (Å²) in [6, 6.07) is 8.32. The Labute approximate surface area is 149 Å². The van der Waals surface area contributed by atoms with Crippen LogP contribution in [0, 0.1) is 0 Å². The molecule has 1 atom stereocenters. The van der Waals surface area contributed by atoms with Crippen LogP contribution in [0.1, 0.15) is 11.8 Å². The van der Waals surface area contributed by atoms with Gasteiger partial charge in [-0.1, -0.05) is 6.07 Å². The minimum Gasteiger partial charge on any atom is -0.367 e. The van der Waals surface area contributed by atoms with Gasteiger partial charge in [-0.25, -0.2) is 9.97 Å². The highest BCUT2D eigenvalue weighted by molar-refractivity contribution is 7.09. The van der Waals surface area contributed by atoms with E-state index < -0.39 is 0 Å². The first-order chi connectivity index (χ1) is 12.2. The molecule has 4 aromatic rings. The van der Waals surface area contributed by atoms with Crippen molar-refractivity contribution in [3.8, 4) is 11.4 Å². The second-order valence-corrected chi connectivity index (χ2v) is 7.00. The largest absolute Gasteiger partial charge is 0.367 e. The molecule has 0 bridgehead atoms. The van der Waals surface area contributed by atoms with Crippen LogP contribution in [0.15, 0.2) is 48.2 Å². The van der Waals surface area contributed by atoms with Crippen molar-refractivity contribution in [1.82, 2.24) is 24.7 Å². The fraction of sp³-hybridized carbons (Fsp3) is 0.222. The highest BCUT2D eigenvalue weighted by Crippen LogP contribution is 2.25. The Kier molecular flexibility index (Phi) is 4.15. The molecule has 0 aromatic carbocycles. The first kappa shape index (κ1) is 15.7. The van der Waals surface area contributed by atoms with E-state index in [-0.39, 0.29) is 6.04 Å². The molecular formula is C18H18N6S. The summed E-state index contributed by atoms with van der Waals surface area (Å²) in [4.78, 5) is 14.8. The fourth-order valence-corrected chi connectivity index (χ4v) is 3.61. The predicted molar refractivity (Wildman–Crippen MR) is 101 cm³/mol. The molecule has 4 rings (SSSR count). The lowest BCUT2D eigenvalue weighted by molar-refractivity contribution is 0.784. The number of thiophene rings is 1. The number of fused-ring (bicyclic) bond motifs is 1. The van der Waals surface area contributed by atoms with Crippen LogP contribution >= 0.6 is 11.3 Å². The Hall–Kier alpha value is -2.80. The summed E-state index contributed by atoms with van der Waals surface area (Å²) in [5, 5.41) is 10.9. The smallest absolute Gasteiger partial charge is 0.164 e. The molecule has 4 heterocycles. The maximum Gasteiger partial charge on any atom is 0.164 e. The van der Waals surface area contributed by atoms with E-state index >= 15 is 0 Å². The quantitative estimate of drug-likeness (QED) is 0.596. The van der Waals surface area contributed by atoms with Gasteiger partial charge in [0.1, 0.15) is 5.82 Å². The monoisotopic (exact) mass is 350 g/mol. The van der Waals surface area contributed by atoms with Crippen molar-refractivity contribution in [2.24, 2.45) is 7.05 Å². The van der Waals surface area contributed by atoms with Gasteiger partial charge in [0.25, 0.3) is 0 Å². The lowest BCUT2D eigenvalue weighted by atomic mass is 10.2. The van der Waals surface area contributed by atoms with Gasteiger partial charge in [-0.3, -0.25) is 9.67 Å². The molecule has 25 heavy (non-hydrogen) atoms. The summed E-state index contributed by atoms with van der Waals surface area (Å²) < 4.78 is 1.77. The molecule has 6 nitrogen and oxygen atoms in total. The van der Waals surface area contributed by atoms with Gasteiger partial charge in [0.2, 0.25) is 0 Å². The average molecular weight is 350 g/mol. The maximum absolute atomic E-state index is 4.75.